The minimum Gasteiger partial charge on any atom is -0.480 e. The summed E-state index contributed by atoms with van der Waals surface area (Å²) in [6.07, 6.45) is 1.99. The van der Waals surface area contributed by atoms with Gasteiger partial charge in [-0.1, -0.05) is 19.8 Å². The summed E-state index contributed by atoms with van der Waals surface area (Å²) in [6, 6.07) is 0. The number of aliphatic hydroxyl groups is 1. The molecule has 0 rings (SSSR count). The van der Waals surface area contributed by atoms with Crippen LogP contribution in [-0.4, -0.2) is 41.2 Å². The second-order valence-corrected chi connectivity index (χ2v) is 4.11. The molecule has 0 aromatic heterocycles. The fourth-order valence-electron chi connectivity index (χ4n) is 1.51. The first-order valence-electron chi connectivity index (χ1n) is 6.14. The standard InChI is InChI=1S/C12H22O6/c1-3-4-5-10(18-9(2)13)6-7-12(16)17-8-11(14)15/h10,12,16H,3-8H2,1-2H3,(H,14,15). The summed E-state index contributed by atoms with van der Waals surface area (Å²) in [4.78, 5) is 21.1. The van der Waals surface area contributed by atoms with E-state index in [2.05, 4.69) is 4.74 Å². The number of hydrogen-bond donors (Lipinski definition) is 2. The van der Waals surface area contributed by atoms with E-state index in [1.165, 1.54) is 6.92 Å². The Kier molecular flexibility index (Phi) is 9.22. The highest BCUT2D eigenvalue weighted by molar-refractivity contribution is 5.68. The molecular weight excluding hydrogens is 240 g/mol. The van der Waals surface area contributed by atoms with Gasteiger partial charge in [0.15, 0.2) is 6.29 Å². The minimum atomic E-state index is -1.14. The molecular formula is C12H22O6. The van der Waals surface area contributed by atoms with Crippen LogP contribution in [0.25, 0.3) is 0 Å². The number of hydrogen-bond acceptors (Lipinski definition) is 5. The van der Waals surface area contributed by atoms with Crippen LogP contribution in [0.4, 0.5) is 0 Å². The number of carboxylic acids is 1. The summed E-state index contributed by atoms with van der Waals surface area (Å²) in [5.41, 5.74) is 0. The number of carbonyl (C=O) groups is 2. The molecule has 0 aromatic carbocycles. The van der Waals surface area contributed by atoms with Crippen molar-refractivity contribution in [1.29, 1.82) is 0 Å². The molecule has 0 saturated carbocycles. The van der Waals surface area contributed by atoms with E-state index >= 15 is 0 Å². The molecule has 106 valence electrons. The molecule has 6 nitrogen and oxygen atoms in total. The molecule has 0 heterocycles. The van der Waals surface area contributed by atoms with Crippen LogP contribution in [0.3, 0.4) is 0 Å². The summed E-state index contributed by atoms with van der Waals surface area (Å²) < 4.78 is 9.79. The van der Waals surface area contributed by atoms with Crippen molar-refractivity contribution in [2.45, 2.75) is 58.3 Å². The van der Waals surface area contributed by atoms with Gasteiger partial charge in [0, 0.05) is 13.3 Å². The largest absolute Gasteiger partial charge is 0.480 e. The van der Waals surface area contributed by atoms with E-state index in [1.54, 1.807) is 0 Å². The number of carbonyl (C=O) groups excluding carboxylic acids is 1. The fraction of sp³-hybridized carbons (Fsp3) is 0.833. The van der Waals surface area contributed by atoms with Gasteiger partial charge in [0.25, 0.3) is 0 Å². The normalized spacial score (nSPS) is 13.9. The van der Waals surface area contributed by atoms with Gasteiger partial charge in [0.1, 0.15) is 12.7 Å². The Balaban J connectivity index is 3.92. The molecule has 2 atom stereocenters. The van der Waals surface area contributed by atoms with E-state index in [0.717, 1.165) is 19.3 Å². The monoisotopic (exact) mass is 262 g/mol. The van der Waals surface area contributed by atoms with Crippen molar-refractivity contribution in [2.75, 3.05) is 6.61 Å². The number of aliphatic hydroxyl groups excluding tert-OH is 1. The highest BCUT2D eigenvalue weighted by atomic mass is 16.6. The van der Waals surface area contributed by atoms with E-state index in [1.807, 2.05) is 6.92 Å². The first-order chi connectivity index (χ1) is 8.45. The third kappa shape index (κ3) is 10.0. The molecule has 0 fully saturated rings. The van der Waals surface area contributed by atoms with Gasteiger partial charge in [-0.25, -0.2) is 4.79 Å². The highest BCUT2D eigenvalue weighted by Gasteiger charge is 2.15. The summed E-state index contributed by atoms with van der Waals surface area (Å²) in [5.74, 6) is -1.48. The van der Waals surface area contributed by atoms with Crippen molar-refractivity contribution in [1.82, 2.24) is 0 Å². The van der Waals surface area contributed by atoms with Crippen LogP contribution in [-0.2, 0) is 19.1 Å². The zero-order valence-corrected chi connectivity index (χ0v) is 10.9. The SMILES string of the molecule is CCCCC(CCC(O)OCC(=O)O)OC(C)=O. The average Bonchev–Trinajstić information content (AvgIpc) is 2.29. The first kappa shape index (κ1) is 16.9. The van der Waals surface area contributed by atoms with E-state index in [-0.39, 0.29) is 18.5 Å². The first-order valence-corrected chi connectivity index (χ1v) is 6.14. The van der Waals surface area contributed by atoms with Crippen LogP contribution in [0.15, 0.2) is 0 Å². The molecule has 0 amide bonds. The van der Waals surface area contributed by atoms with Gasteiger partial charge in [-0.05, 0) is 12.8 Å². The molecule has 0 bridgehead atoms. The molecule has 2 N–H and O–H groups in total. The molecule has 0 aliphatic heterocycles. The molecule has 6 heteroatoms. The second kappa shape index (κ2) is 9.85. The van der Waals surface area contributed by atoms with Gasteiger partial charge in [-0.15, -0.1) is 0 Å². The average molecular weight is 262 g/mol. The molecule has 0 aliphatic rings. The van der Waals surface area contributed by atoms with Crippen molar-refractivity contribution >= 4 is 11.9 Å². The summed E-state index contributed by atoms with van der Waals surface area (Å²) in [5, 5.41) is 17.7. The number of rotatable bonds is 10. The summed E-state index contributed by atoms with van der Waals surface area (Å²) >= 11 is 0. The maximum absolute atomic E-state index is 10.9. The predicted molar refractivity (Wildman–Crippen MR) is 63.9 cm³/mol. The van der Waals surface area contributed by atoms with Crippen molar-refractivity contribution < 1.29 is 29.3 Å². The zero-order valence-electron chi connectivity index (χ0n) is 10.9. The van der Waals surface area contributed by atoms with Gasteiger partial charge in [-0.2, -0.15) is 0 Å². The predicted octanol–water partition coefficient (Wildman–Crippen LogP) is 1.31. The smallest absolute Gasteiger partial charge is 0.329 e. The third-order valence-electron chi connectivity index (χ3n) is 2.35. The van der Waals surface area contributed by atoms with Crippen molar-refractivity contribution in [2.24, 2.45) is 0 Å². The van der Waals surface area contributed by atoms with Gasteiger partial charge in [0.05, 0.1) is 0 Å². The number of unbranched alkanes of at least 4 members (excludes halogenated alkanes) is 1. The molecule has 0 aliphatic carbocycles. The van der Waals surface area contributed by atoms with Crippen molar-refractivity contribution in [3.05, 3.63) is 0 Å². The maximum atomic E-state index is 10.9. The Morgan fingerprint density at radius 2 is 1.89 bits per heavy atom. The third-order valence-corrected chi connectivity index (χ3v) is 2.35. The summed E-state index contributed by atoms with van der Waals surface area (Å²) in [7, 11) is 0. The van der Waals surface area contributed by atoms with Crippen molar-refractivity contribution in [3.8, 4) is 0 Å². The van der Waals surface area contributed by atoms with Crippen LogP contribution in [0.2, 0.25) is 0 Å². The van der Waals surface area contributed by atoms with Gasteiger partial charge >= 0.3 is 11.9 Å². The Hall–Kier alpha value is -1.14. The lowest BCUT2D eigenvalue weighted by molar-refractivity contribution is -0.159. The Labute approximate surface area is 107 Å². The number of aliphatic carboxylic acids is 1. The molecule has 0 spiro atoms. The van der Waals surface area contributed by atoms with Crippen LogP contribution in [0.5, 0.6) is 0 Å². The lowest BCUT2D eigenvalue weighted by atomic mass is 10.1. The van der Waals surface area contributed by atoms with Crippen molar-refractivity contribution in [3.63, 3.8) is 0 Å². The minimum absolute atomic E-state index is 0.245. The van der Waals surface area contributed by atoms with Crippen LogP contribution in [0.1, 0.15) is 46.0 Å². The number of carboxylic acid groups (broad SMARTS) is 1. The van der Waals surface area contributed by atoms with Gasteiger partial charge in [-0.3, -0.25) is 4.79 Å². The lowest BCUT2D eigenvalue weighted by Gasteiger charge is -2.18. The molecule has 0 saturated heterocycles. The Morgan fingerprint density at radius 3 is 2.39 bits per heavy atom. The Bertz CT molecular complexity index is 253. The van der Waals surface area contributed by atoms with E-state index < -0.39 is 18.9 Å². The van der Waals surface area contributed by atoms with Gasteiger partial charge in [0.2, 0.25) is 0 Å². The second-order valence-electron chi connectivity index (χ2n) is 4.11. The maximum Gasteiger partial charge on any atom is 0.329 e. The zero-order chi connectivity index (χ0) is 14.0. The number of ether oxygens (including phenoxy) is 2. The topological polar surface area (TPSA) is 93.1 Å². The quantitative estimate of drug-likeness (QED) is 0.455. The summed E-state index contributed by atoms with van der Waals surface area (Å²) in [6.45, 7) is 2.85. The lowest BCUT2D eigenvalue weighted by Crippen LogP contribution is -2.22. The van der Waals surface area contributed by atoms with Crippen LogP contribution >= 0.6 is 0 Å². The molecule has 0 aromatic rings. The Morgan fingerprint density at radius 1 is 1.22 bits per heavy atom. The molecule has 0 radical (unpaired) electrons. The van der Waals surface area contributed by atoms with Gasteiger partial charge < -0.3 is 19.7 Å². The van der Waals surface area contributed by atoms with Crippen LogP contribution in [0, 0.1) is 0 Å². The fourth-order valence-corrected chi connectivity index (χ4v) is 1.51. The highest BCUT2D eigenvalue weighted by Crippen LogP contribution is 2.13. The van der Waals surface area contributed by atoms with E-state index in [4.69, 9.17) is 9.84 Å². The van der Waals surface area contributed by atoms with E-state index in [0.29, 0.717) is 6.42 Å². The van der Waals surface area contributed by atoms with E-state index in [9.17, 15) is 14.7 Å². The van der Waals surface area contributed by atoms with Crippen LogP contribution < -0.4 is 0 Å². The molecule has 2 unspecified atom stereocenters. The number of esters is 1. The molecule has 18 heavy (non-hydrogen) atoms.